The predicted molar refractivity (Wildman–Crippen MR) is 113 cm³/mol. The van der Waals surface area contributed by atoms with Crippen LogP contribution in [0.15, 0.2) is 71.9 Å². The summed E-state index contributed by atoms with van der Waals surface area (Å²) in [5.74, 6) is -0.530. The maximum atomic E-state index is 13.7. The molecule has 1 N–H and O–H groups in total. The second kappa shape index (κ2) is 6.43. The summed E-state index contributed by atoms with van der Waals surface area (Å²) in [6, 6.07) is 22.0. The first-order valence-electron chi connectivity index (χ1n) is 8.93. The lowest BCUT2D eigenvalue weighted by atomic mass is 9.91. The highest BCUT2D eigenvalue weighted by Crippen LogP contribution is 2.36. The minimum Gasteiger partial charge on any atom is -0.411 e. The molecule has 3 nitrogen and oxygen atoms in total. The van der Waals surface area contributed by atoms with Crippen LogP contribution in [0.5, 0.6) is 0 Å². The van der Waals surface area contributed by atoms with Crippen molar-refractivity contribution < 1.29 is 9.60 Å². The van der Waals surface area contributed by atoms with Crippen LogP contribution in [0.2, 0.25) is 0 Å². The lowest BCUT2D eigenvalue weighted by Crippen LogP contribution is -1.95. The van der Waals surface area contributed by atoms with Crippen LogP contribution in [-0.2, 0) is 0 Å². The van der Waals surface area contributed by atoms with Gasteiger partial charge in [-0.15, -0.1) is 0 Å². The molecule has 4 aromatic carbocycles. The molecular weight excluding hydrogens is 351 g/mol. The number of rotatable bonds is 3. The summed E-state index contributed by atoms with van der Waals surface area (Å²) >= 11 is 0. The maximum Gasteiger partial charge on any atom is 0.150 e. The lowest BCUT2D eigenvalue weighted by Gasteiger charge is -2.12. The van der Waals surface area contributed by atoms with Crippen LogP contribution in [-0.4, -0.2) is 16.4 Å². The van der Waals surface area contributed by atoms with Gasteiger partial charge in [0, 0.05) is 0 Å². The summed E-state index contributed by atoms with van der Waals surface area (Å²) in [4.78, 5) is 4.18. The Hall–Kier alpha value is -3.79. The smallest absolute Gasteiger partial charge is 0.150 e. The fourth-order valence-electron chi connectivity index (χ4n) is 3.81. The monoisotopic (exact) mass is 366 g/mol. The average molecular weight is 366 g/mol. The highest BCUT2D eigenvalue weighted by molar-refractivity contribution is 6.24. The van der Waals surface area contributed by atoms with Gasteiger partial charge in [0.15, 0.2) is 5.82 Å². The van der Waals surface area contributed by atoms with Gasteiger partial charge in [-0.1, -0.05) is 59.8 Å². The number of nitrogens with zero attached hydrogens (tertiary/aromatic N) is 2. The molecule has 0 unspecified atom stereocenters. The second-order valence-electron chi connectivity index (χ2n) is 6.70. The molecular formula is C24H15FN2O. The topological polar surface area (TPSA) is 45.5 Å². The largest absolute Gasteiger partial charge is 0.411 e. The third-order valence-corrected chi connectivity index (χ3v) is 5.05. The number of aromatic nitrogens is 1. The Morgan fingerprint density at radius 1 is 0.821 bits per heavy atom. The van der Waals surface area contributed by atoms with Gasteiger partial charge in [0.05, 0.1) is 11.9 Å². The van der Waals surface area contributed by atoms with E-state index in [0.29, 0.717) is 5.69 Å². The van der Waals surface area contributed by atoms with Gasteiger partial charge in [-0.3, -0.25) is 0 Å². The zero-order valence-corrected chi connectivity index (χ0v) is 14.8. The summed E-state index contributed by atoms with van der Waals surface area (Å²) in [7, 11) is 0. The Balaban J connectivity index is 1.71. The van der Waals surface area contributed by atoms with Gasteiger partial charge in [0.25, 0.3) is 0 Å². The van der Waals surface area contributed by atoms with Crippen LogP contribution in [0.25, 0.3) is 44.5 Å². The van der Waals surface area contributed by atoms with Crippen molar-refractivity contribution in [3.05, 3.63) is 89.5 Å². The van der Waals surface area contributed by atoms with E-state index in [9.17, 15) is 4.39 Å². The van der Waals surface area contributed by atoms with Gasteiger partial charge in [-0.2, -0.15) is 0 Å². The quantitative estimate of drug-likeness (QED) is 0.182. The van der Waals surface area contributed by atoms with Crippen molar-refractivity contribution in [1.82, 2.24) is 4.98 Å². The summed E-state index contributed by atoms with van der Waals surface area (Å²) in [5.41, 5.74) is 1.65. The first-order valence-corrected chi connectivity index (χ1v) is 8.93. The van der Waals surface area contributed by atoms with E-state index in [1.807, 2.05) is 12.2 Å². The maximum absolute atomic E-state index is 13.7. The Kier molecular flexibility index (Phi) is 3.76. The third-order valence-electron chi connectivity index (χ3n) is 5.05. The number of hydrogen-bond acceptors (Lipinski definition) is 3. The summed E-state index contributed by atoms with van der Waals surface area (Å²) in [6.45, 7) is 0. The van der Waals surface area contributed by atoms with E-state index in [-0.39, 0.29) is 5.69 Å². The zero-order valence-electron chi connectivity index (χ0n) is 14.8. The number of benzene rings is 4. The molecule has 0 aliphatic heterocycles. The zero-order chi connectivity index (χ0) is 19.1. The summed E-state index contributed by atoms with van der Waals surface area (Å²) in [6.07, 6.45) is 4.82. The van der Waals surface area contributed by atoms with Gasteiger partial charge >= 0.3 is 0 Å². The van der Waals surface area contributed by atoms with Crippen LogP contribution in [0.3, 0.4) is 0 Å². The Labute approximate surface area is 160 Å². The first kappa shape index (κ1) is 16.4. The number of hydrogen-bond donors (Lipinski definition) is 1. The molecule has 1 aromatic heterocycles. The Morgan fingerprint density at radius 2 is 1.57 bits per heavy atom. The van der Waals surface area contributed by atoms with Crippen molar-refractivity contribution in [2.45, 2.75) is 0 Å². The van der Waals surface area contributed by atoms with Crippen LogP contribution in [0.4, 0.5) is 4.39 Å². The molecule has 0 saturated heterocycles. The average Bonchev–Trinajstić information content (AvgIpc) is 2.73. The van der Waals surface area contributed by atoms with Crippen molar-refractivity contribution in [3.8, 4) is 0 Å². The third kappa shape index (κ3) is 2.58. The molecule has 0 aliphatic carbocycles. The molecule has 5 aromatic rings. The van der Waals surface area contributed by atoms with Gasteiger partial charge in [0.1, 0.15) is 5.69 Å². The van der Waals surface area contributed by atoms with Gasteiger partial charge in [0.2, 0.25) is 0 Å². The molecule has 0 atom stereocenters. The molecule has 0 amide bonds. The molecule has 134 valence electrons. The molecule has 4 heteroatoms. The summed E-state index contributed by atoms with van der Waals surface area (Å²) < 4.78 is 13.7. The van der Waals surface area contributed by atoms with Gasteiger partial charge in [-0.25, -0.2) is 9.37 Å². The minimum absolute atomic E-state index is 0.000473. The van der Waals surface area contributed by atoms with Gasteiger partial charge < -0.3 is 5.21 Å². The molecule has 0 spiro atoms. The molecule has 0 aliphatic rings. The molecule has 28 heavy (non-hydrogen) atoms. The second-order valence-corrected chi connectivity index (χ2v) is 6.70. The SMILES string of the molecule is ON=Cc1nc(/C=C/c2cc3cccc4ccc5cccc2c5c43)ccc1F. The van der Waals surface area contributed by atoms with E-state index >= 15 is 0 Å². The van der Waals surface area contributed by atoms with Crippen molar-refractivity contribution in [2.75, 3.05) is 0 Å². The molecule has 0 fully saturated rings. The Morgan fingerprint density at radius 3 is 2.39 bits per heavy atom. The van der Waals surface area contributed by atoms with E-state index in [2.05, 4.69) is 64.7 Å². The van der Waals surface area contributed by atoms with Crippen LogP contribution < -0.4 is 0 Å². The van der Waals surface area contributed by atoms with Crippen molar-refractivity contribution in [2.24, 2.45) is 5.16 Å². The van der Waals surface area contributed by atoms with Crippen LogP contribution in [0, 0.1) is 5.82 Å². The fraction of sp³-hybridized carbons (Fsp3) is 0. The Bertz CT molecular complexity index is 1390. The van der Waals surface area contributed by atoms with Crippen molar-refractivity contribution in [3.63, 3.8) is 0 Å². The van der Waals surface area contributed by atoms with E-state index in [1.54, 1.807) is 6.07 Å². The standard InChI is InChI=1S/C24H15FN2O/c25-21-12-11-19(27-22(21)14-26-28)10-9-17-13-18-5-1-3-15-7-8-16-4-2-6-20(17)24(16)23(15)18/h1-14,28H/b10-9+,26-14?. The number of oxime groups is 1. The van der Waals surface area contributed by atoms with Crippen molar-refractivity contribution >= 4 is 50.7 Å². The fourth-order valence-corrected chi connectivity index (χ4v) is 3.81. The van der Waals surface area contributed by atoms with E-state index in [1.165, 1.54) is 33.0 Å². The van der Waals surface area contributed by atoms with Crippen LogP contribution in [0.1, 0.15) is 17.0 Å². The normalized spacial score (nSPS) is 12.3. The minimum atomic E-state index is -0.530. The van der Waals surface area contributed by atoms with E-state index in [0.717, 1.165) is 17.2 Å². The van der Waals surface area contributed by atoms with Gasteiger partial charge in [-0.05, 0) is 62.2 Å². The van der Waals surface area contributed by atoms with E-state index < -0.39 is 5.82 Å². The van der Waals surface area contributed by atoms with E-state index in [4.69, 9.17) is 5.21 Å². The molecule has 5 rings (SSSR count). The summed E-state index contributed by atoms with van der Waals surface area (Å²) in [5, 5.41) is 18.8. The molecule has 0 saturated carbocycles. The highest BCUT2D eigenvalue weighted by atomic mass is 19.1. The number of halogens is 1. The molecule has 1 heterocycles. The molecule has 0 radical (unpaired) electrons. The lowest BCUT2D eigenvalue weighted by molar-refractivity contribution is 0.321. The van der Waals surface area contributed by atoms with Crippen LogP contribution >= 0.6 is 0 Å². The number of pyridine rings is 1. The first-order chi connectivity index (χ1) is 13.7. The highest BCUT2D eigenvalue weighted by Gasteiger charge is 2.10. The predicted octanol–water partition coefficient (Wildman–Crippen LogP) is 6.10. The molecule has 0 bridgehead atoms. The van der Waals surface area contributed by atoms with Crippen molar-refractivity contribution in [1.29, 1.82) is 0 Å².